The van der Waals surface area contributed by atoms with Crippen LogP contribution in [0.3, 0.4) is 0 Å². The molecule has 1 aromatic carbocycles. The van der Waals surface area contributed by atoms with Gasteiger partial charge in [0.1, 0.15) is 6.10 Å². The first-order valence-electron chi connectivity index (χ1n) is 9.82. The van der Waals surface area contributed by atoms with Gasteiger partial charge in [-0.2, -0.15) is 5.26 Å². The first kappa shape index (κ1) is 18.9. The minimum Gasteiger partial charge on any atom is -0.467 e. The molecule has 7 heteroatoms. The molecule has 0 unspecified atom stereocenters. The summed E-state index contributed by atoms with van der Waals surface area (Å²) in [6.07, 6.45) is 6.14. The van der Waals surface area contributed by atoms with Crippen LogP contribution in [0.15, 0.2) is 35.8 Å². The van der Waals surface area contributed by atoms with Gasteiger partial charge in [-0.05, 0) is 49.9 Å². The maximum absolute atomic E-state index is 12.7. The van der Waals surface area contributed by atoms with E-state index in [1.807, 2.05) is 10.3 Å². The highest BCUT2D eigenvalue weighted by molar-refractivity contribution is 7.11. The lowest BCUT2D eigenvalue weighted by atomic mass is 9.98. The molecule has 2 aliphatic rings. The van der Waals surface area contributed by atoms with Crippen molar-refractivity contribution >= 4 is 17.2 Å². The van der Waals surface area contributed by atoms with E-state index in [0.717, 1.165) is 57.1 Å². The zero-order chi connectivity index (χ0) is 19.3. The lowest BCUT2D eigenvalue weighted by Gasteiger charge is -2.41. The summed E-state index contributed by atoms with van der Waals surface area (Å²) in [5, 5.41) is 11.6. The van der Waals surface area contributed by atoms with Crippen LogP contribution in [0.25, 0.3) is 0 Å². The van der Waals surface area contributed by atoms with Crippen molar-refractivity contribution in [2.24, 2.45) is 0 Å². The van der Waals surface area contributed by atoms with Crippen molar-refractivity contribution in [2.45, 2.75) is 37.8 Å². The molecule has 2 aliphatic heterocycles. The molecule has 2 aromatic rings. The van der Waals surface area contributed by atoms with Gasteiger partial charge < -0.3 is 9.64 Å². The van der Waals surface area contributed by atoms with Gasteiger partial charge in [0.15, 0.2) is 0 Å². The average molecular weight is 397 g/mol. The third-order valence-corrected chi connectivity index (χ3v) is 6.34. The standard InChI is InChI=1S/C21H24N4O2S/c22-15-16-1-3-17(4-2-16)20(26)25-10-5-18(6-11-25)24-12-7-19(8-13-24)27-21-23-9-14-28-21/h1-4,9,14,18-19H,5-8,10-13H2. The van der Waals surface area contributed by atoms with E-state index in [-0.39, 0.29) is 12.0 Å². The van der Waals surface area contributed by atoms with Gasteiger partial charge in [-0.25, -0.2) is 4.98 Å². The molecule has 4 rings (SSSR count). The highest BCUT2D eigenvalue weighted by Crippen LogP contribution is 2.25. The number of hydrogen-bond acceptors (Lipinski definition) is 6. The Kier molecular flexibility index (Phi) is 5.89. The van der Waals surface area contributed by atoms with E-state index in [2.05, 4.69) is 16.0 Å². The quantitative estimate of drug-likeness (QED) is 0.794. The van der Waals surface area contributed by atoms with Gasteiger partial charge in [0.05, 0.1) is 11.6 Å². The Morgan fingerprint density at radius 1 is 1.11 bits per heavy atom. The van der Waals surface area contributed by atoms with Crippen LogP contribution >= 0.6 is 11.3 Å². The van der Waals surface area contributed by atoms with Gasteiger partial charge in [-0.15, -0.1) is 0 Å². The highest BCUT2D eigenvalue weighted by Gasteiger charge is 2.30. The monoisotopic (exact) mass is 396 g/mol. The highest BCUT2D eigenvalue weighted by atomic mass is 32.1. The van der Waals surface area contributed by atoms with Crippen molar-refractivity contribution in [3.63, 3.8) is 0 Å². The SMILES string of the molecule is N#Cc1ccc(C(=O)N2CCC(N3CCC(Oc4nccs4)CC3)CC2)cc1. The fourth-order valence-electron chi connectivity index (χ4n) is 4.07. The van der Waals surface area contributed by atoms with Crippen LogP contribution in [0, 0.1) is 11.3 Å². The number of rotatable bonds is 4. The predicted molar refractivity (Wildman–Crippen MR) is 107 cm³/mol. The molecule has 146 valence electrons. The summed E-state index contributed by atoms with van der Waals surface area (Å²) in [6.45, 7) is 3.67. The number of nitriles is 1. The second-order valence-corrected chi connectivity index (χ2v) is 8.22. The van der Waals surface area contributed by atoms with Crippen LogP contribution in [0.1, 0.15) is 41.6 Å². The Morgan fingerprint density at radius 2 is 1.82 bits per heavy atom. The number of piperidine rings is 2. The van der Waals surface area contributed by atoms with Gasteiger partial charge in [0.2, 0.25) is 0 Å². The normalized spacial score (nSPS) is 19.3. The second-order valence-electron chi connectivity index (χ2n) is 7.36. The predicted octanol–water partition coefficient (Wildman–Crippen LogP) is 3.16. The lowest BCUT2D eigenvalue weighted by Crippen LogP contribution is -2.50. The topological polar surface area (TPSA) is 69.5 Å². The summed E-state index contributed by atoms with van der Waals surface area (Å²) < 4.78 is 5.95. The van der Waals surface area contributed by atoms with Crippen LogP contribution in [-0.2, 0) is 0 Å². The first-order valence-corrected chi connectivity index (χ1v) is 10.7. The molecular weight excluding hydrogens is 372 g/mol. The van der Waals surface area contributed by atoms with Crippen molar-refractivity contribution in [3.05, 3.63) is 47.0 Å². The summed E-state index contributed by atoms with van der Waals surface area (Å²) >= 11 is 1.55. The smallest absolute Gasteiger partial charge is 0.273 e. The molecule has 0 bridgehead atoms. The second kappa shape index (κ2) is 8.72. The minimum atomic E-state index is 0.0681. The van der Waals surface area contributed by atoms with Crippen molar-refractivity contribution < 1.29 is 9.53 Å². The van der Waals surface area contributed by atoms with Crippen LogP contribution in [0.2, 0.25) is 0 Å². The molecule has 0 spiro atoms. The molecule has 0 saturated carbocycles. The molecule has 1 aromatic heterocycles. The number of thiazole rings is 1. The molecule has 0 aliphatic carbocycles. The van der Waals surface area contributed by atoms with E-state index in [0.29, 0.717) is 17.2 Å². The third-order valence-electron chi connectivity index (χ3n) is 5.68. The van der Waals surface area contributed by atoms with E-state index in [4.69, 9.17) is 10.00 Å². The first-order chi connectivity index (χ1) is 13.7. The van der Waals surface area contributed by atoms with Gasteiger partial charge in [-0.1, -0.05) is 11.3 Å². The largest absolute Gasteiger partial charge is 0.467 e. The zero-order valence-electron chi connectivity index (χ0n) is 15.8. The van der Waals surface area contributed by atoms with Crippen LogP contribution in [0.5, 0.6) is 5.19 Å². The number of benzene rings is 1. The maximum atomic E-state index is 12.7. The molecular formula is C21H24N4O2S. The summed E-state index contributed by atoms with van der Waals surface area (Å²) in [7, 11) is 0. The van der Waals surface area contributed by atoms with Crippen molar-refractivity contribution in [1.82, 2.24) is 14.8 Å². The van der Waals surface area contributed by atoms with Gasteiger partial charge >= 0.3 is 0 Å². The molecule has 28 heavy (non-hydrogen) atoms. The molecule has 0 N–H and O–H groups in total. The average Bonchev–Trinajstić information content (AvgIpc) is 3.27. The Hall–Kier alpha value is -2.43. The molecule has 6 nitrogen and oxygen atoms in total. The van der Waals surface area contributed by atoms with Crippen molar-refractivity contribution in [2.75, 3.05) is 26.2 Å². The van der Waals surface area contributed by atoms with E-state index in [1.165, 1.54) is 0 Å². The van der Waals surface area contributed by atoms with E-state index < -0.39 is 0 Å². The molecule has 3 heterocycles. The van der Waals surface area contributed by atoms with Gasteiger partial charge in [0.25, 0.3) is 11.1 Å². The number of aromatic nitrogens is 1. The molecule has 2 saturated heterocycles. The lowest BCUT2D eigenvalue weighted by molar-refractivity contribution is 0.0425. The Balaban J connectivity index is 1.24. The van der Waals surface area contributed by atoms with Crippen molar-refractivity contribution in [1.29, 1.82) is 5.26 Å². The Morgan fingerprint density at radius 3 is 2.43 bits per heavy atom. The number of carbonyl (C=O) groups is 1. The number of carbonyl (C=O) groups excluding carboxylic acids is 1. The minimum absolute atomic E-state index is 0.0681. The maximum Gasteiger partial charge on any atom is 0.273 e. The summed E-state index contributed by atoms with van der Waals surface area (Å²) in [5.74, 6) is 0.0681. The molecule has 0 atom stereocenters. The number of amides is 1. The Bertz CT molecular complexity index is 815. The Labute approximate surface area is 169 Å². The third kappa shape index (κ3) is 4.34. The van der Waals surface area contributed by atoms with E-state index >= 15 is 0 Å². The van der Waals surface area contributed by atoms with Crippen molar-refractivity contribution in [3.8, 4) is 11.3 Å². The zero-order valence-corrected chi connectivity index (χ0v) is 16.6. The van der Waals surface area contributed by atoms with Crippen LogP contribution in [0.4, 0.5) is 0 Å². The number of hydrogen-bond donors (Lipinski definition) is 0. The summed E-state index contributed by atoms with van der Waals surface area (Å²) in [6, 6.07) is 9.55. The fourth-order valence-corrected chi connectivity index (χ4v) is 4.63. The molecule has 2 fully saturated rings. The molecule has 1 amide bonds. The van der Waals surface area contributed by atoms with E-state index in [1.54, 1.807) is 41.8 Å². The summed E-state index contributed by atoms with van der Waals surface area (Å²) in [5.41, 5.74) is 1.25. The van der Waals surface area contributed by atoms with Gasteiger partial charge in [-0.3, -0.25) is 9.69 Å². The van der Waals surface area contributed by atoms with Gasteiger partial charge in [0, 0.05) is 49.4 Å². The fraction of sp³-hybridized carbons (Fsp3) is 0.476. The summed E-state index contributed by atoms with van der Waals surface area (Å²) in [4.78, 5) is 21.4. The number of nitrogens with zero attached hydrogens (tertiary/aromatic N) is 4. The van der Waals surface area contributed by atoms with Crippen LogP contribution < -0.4 is 4.74 Å². The molecule has 0 radical (unpaired) electrons. The van der Waals surface area contributed by atoms with E-state index in [9.17, 15) is 4.79 Å². The number of ether oxygens (including phenoxy) is 1. The number of likely N-dealkylation sites (tertiary alicyclic amines) is 2. The van der Waals surface area contributed by atoms with Crippen LogP contribution in [-0.4, -0.2) is 59.0 Å².